The average molecular weight is 352 g/mol. The van der Waals surface area contributed by atoms with Crippen LogP contribution in [-0.2, 0) is 16.1 Å². The minimum Gasteiger partial charge on any atom is -0.489 e. The van der Waals surface area contributed by atoms with Gasteiger partial charge in [-0.05, 0) is 38.0 Å². The molecule has 2 unspecified atom stereocenters. The summed E-state index contributed by atoms with van der Waals surface area (Å²) in [6.07, 6.45) is 0.602. The number of nitrogens with one attached hydrogen (secondary N) is 2. The number of ether oxygens (including phenoxy) is 1. The van der Waals surface area contributed by atoms with E-state index >= 15 is 0 Å². The summed E-state index contributed by atoms with van der Waals surface area (Å²) < 4.78 is 5.71. The fourth-order valence-electron chi connectivity index (χ4n) is 2.84. The molecule has 1 aliphatic carbocycles. The SMILES string of the molecule is CC(C)Oc1ccccc1NC(=O)C1CC1C(=O)NCc1ccccc1. The van der Waals surface area contributed by atoms with Crippen molar-refractivity contribution >= 4 is 17.5 Å². The highest BCUT2D eigenvalue weighted by molar-refractivity contribution is 6.00. The summed E-state index contributed by atoms with van der Waals surface area (Å²) in [5.41, 5.74) is 1.68. The van der Waals surface area contributed by atoms with Gasteiger partial charge in [0.05, 0.1) is 23.6 Å². The Hall–Kier alpha value is -2.82. The molecule has 2 N–H and O–H groups in total. The van der Waals surface area contributed by atoms with E-state index in [9.17, 15) is 9.59 Å². The summed E-state index contributed by atoms with van der Waals surface area (Å²) >= 11 is 0. The second-order valence-corrected chi connectivity index (χ2v) is 6.80. The van der Waals surface area contributed by atoms with Crippen molar-refractivity contribution in [3.8, 4) is 5.75 Å². The van der Waals surface area contributed by atoms with E-state index in [0.29, 0.717) is 24.4 Å². The van der Waals surface area contributed by atoms with Crippen LogP contribution in [-0.4, -0.2) is 17.9 Å². The number of carbonyl (C=O) groups is 2. The number of amides is 2. The Bertz CT molecular complexity index is 774. The third-order valence-corrected chi connectivity index (χ3v) is 4.28. The van der Waals surface area contributed by atoms with Gasteiger partial charge in [-0.1, -0.05) is 42.5 Å². The van der Waals surface area contributed by atoms with Crippen LogP contribution in [0.3, 0.4) is 0 Å². The van der Waals surface area contributed by atoms with Crippen LogP contribution in [0.4, 0.5) is 5.69 Å². The van der Waals surface area contributed by atoms with Crippen LogP contribution in [0, 0.1) is 11.8 Å². The van der Waals surface area contributed by atoms with Gasteiger partial charge in [-0.3, -0.25) is 9.59 Å². The Morgan fingerprint density at radius 1 is 1.00 bits per heavy atom. The standard InChI is InChI=1S/C21H24N2O3/c1-14(2)26-19-11-7-6-10-18(19)23-21(25)17-12-16(17)20(24)22-13-15-8-4-3-5-9-15/h3-11,14,16-17H,12-13H2,1-2H3,(H,22,24)(H,23,25). The molecule has 0 heterocycles. The van der Waals surface area contributed by atoms with Gasteiger partial charge < -0.3 is 15.4 Å². The normalized spacial score (nSPS) is 18.3. The Labute approximate surface area is 153 Å². The van der Waals surface area contributed by atoms with Crippen LogP contribution in [0.25, 0.3) is 0 Å². The highest BCUT2D eigenvalue weighted by Gasteiger charge is 2.48. The van der Waals surface area contributed by atoms with Gasteiger partial charge in [0.2, 0.25) is 11.8 Å². The third kappa shape index (κ3) is 4.63. The average Bonchev–Trinajstić information content (AvgIpc) is 3.43. The van der Waals surface area contributed by atoms with E-state index in [1.807, 2.05) is 68.4 Å². The second-order valence-electron chi connectivity index (χ2n) is 6.80. The van der Waals surface area contributed by atoms with E-state index in [2.05, 4.69) is 10.6 Å². The lowest BCUT2D eigenvalue weighted by molar-refractivity contribution is -0.125. The van der Waals surface area contributed by atoms with E-state index in [-0.39, 0.29) is 29.8 Å². The Balaban J connectivity index is 1.52. The summed E-state index contributed by atoms with van der Waals surface area (Å²) in [6, 6.07) is 17.1. The maximum atomic E-state index is 12.5. The van der Waals surface area contributed by atoms with Crippen molar-refractivity contribution in [3.05, 3.63) is 60.2 Å². The molecule has 0 aliphatic heterocycles. The fraction of sp³-hybridized carbons (Fsp3) is 0.333. The molecule has 2 aromatic rings. The van der Waals surface area contributed by atoms with Crippen LogP contribution in [0.1, 0.15) is 25.8 Å². The molecule has 5 heteroatoms. The minimum atomic E-state index is -0.280. The van der Waals surface area contributed by atoms with E-state index in [1.165, 1.54) is 0 Å². The predicted octanol–water partition coefficient (Wildman–Crippen LogP) is 3.36. The number of carbonyl (C=O) groups excluding carboxylic acids is 2. The van der Waals surface area contributed by atoms with Gasteiger partial charge in [0.15, 0.2) is 0 Å². The van der Waals surface area contributed by atoms with E-state index < -0.39 is 0 Å². The maximum absolute atomic E-state index is 12.5. The summed E-state index contributed by atoms with van der Waals surface area (Å²) in [7, 11) is 0. The second kappa shape index (κ2) is 8.04. The van der Waals surface area contributed by atoms with Gasteiger partial charge in [-0.15, -0.1) is 0 Å². The number of hydrogen-bond acceptors (Lipinski definition) is 3. The Morgan fingerprint density at radius 2 is 1.65 bits per heavy atom. The lowest BCUT2D eigenvalue weighted by Crippen LogP contribution is -2.27. The quantitative estimate of drug-likeness (QED) is 0.803. The zero-order valence-electron chi connectivity index (χ0n) is 15.1. The minimum absolute atomic E-state index is 0.0190. The molecule has 2 amide bonds. The lowest BCUT2D eigenvalue weighted by Gasteiger charge is -2.14. The van der Waals surface area contributed by atoms with Crippen molar-refractivity contribution in [1.29, 1.82) is 0 Å². The van der Waals surface area contributed by atoms with Gasteiger partial charge in [0, 0.05) is 6.54 Å². The molecule has 136 valence electrons. The van der Waals surface area contributed by atoms with Gasteiger partial charge >= 0.3 is 0 Å². The maximum Gasteiger partial charge on any atom is 0.228 e. The number of benzene rings is 2. The van der Waals surface area contributed by atoms with Gasteiger partial charge in [0.25, 0.3) is 0 Å². The predicted molar refractivity (Wildman–Crippen MR) is 101 cm³/mol. The molecule has 1 saturated carbocycles. The fourth-order valence-corrected chi connectivity index (χ4v) is 2.84. The first kappa shape index (κ1) is 18.0. The molecule has 0 aromatic heterocycles. The van der Waals surface area contributed by atoms with Crippen molar-refractivity contribution in [1.82, 2.24) is 5.32 Å². The molecule has 2 aromatic carbocycles. The van der Waals surface area contributed by atoms with Crippen molar-refractivity contribution in [3.63, 3.8) is 0 Å². The third-order valence-electron chi connectivity index (χ3n) is 4.28. The van der Waals surface area contributed by atoms with Crippen molar-refractivity contribution in [2.75, 3.05) is 5.32 Å². The summed E-state index contributed by atoms with van der Waals surface area (Å²) in [6.45, 7) is 4.36. The topological polar surface area (TPSA) is 67.4 Å². The molecule has 3 rings (SSSR count). The first-order valence-corrected chi connectivity index (χ1v) is 8.93. The van der Waals surface area contributed by atoms with Crippen molar-refractivity contribution < 1.29 is 14.3 Å². The summed E-state index contributed by atoms with van der Waals surface area (Å²) in [4.78, 5) is 24.7. The molecule has 5 nitrogen and oxygen atoms in total. The number of anilines is 1. The lowest BCUT2D eigenvalue weighted by atomic mass is 10.2. The molecule has 0 bridgehead atoms. The molecule has 1 fully saturated rings. The number of para-hydroxylation sites is 2. The first-order valence-electron chi connectivity index (χ1n) is 8.93. The molecule has 1 aliphatic rings. The van der Waals surface area contributed by atoms with E-state index in [0.717, 1.165) is 5.56 Å². The zero-order valence-corrected chi connectivity index (χ0v) is 15.1. The van der Waals surface area contributed by atoms with Gasteiger partial charge in [-0.25, -0.2) is 0 Å². The molecule has 2 atom stereocenters. The first-order chi connectivity index (χ1) is 12.5. The van der Waals surface area contributed by atoms with E-state index in [4.69, 9.17) is 4.74 Å². The van der Waals surface area contributed by atoms with E-state index in [1.54, 1.807) is 0 Å². The van der Waals surface area contributed by atoms with Crippen LogP contribution in [0.15, 0.2) is 54.6 Å². The largest absolute Gasteiger partial charge is 0.489 e. The van der Waals surface area contributed by atoms with Crippen LogP contribution < -0.4 is 15.4 Å². The zero-order chi connectivity index (χ0) is 18.5. The van der Waals surface area contributed by atoms with Gasteiger partial charge in [0.1, 0.15) is 5.75 Å². The molecule has 0 radical (unpaired) electrons. The molecular formula is C21H24N2O3. The van der Waals surface area contributed by atoms with Crippen LogP contribution >= 0.6 is 0 Å². The molecular weight excluding hydrogens is 328 g/mol. The molecule has 0 saturated heterocycles. The van der Waals surface area contributed by atoms with Crippen LogP contribution in [0.2, 0.25) is 0 Å². The summed E-state index contributed by atoms with van der Waals surface area (Å²) in [5, 5.41) is 5.80. The van der Waals surface area contributed by atoms with Crippen molar-refractivity contribution in [2.45, 2.75) is 32.9 Å². The Kier molecular flexibility index (Phi) is 5.56. The molecule has 26 heavy (non-hydrogen) atoms. The highest BCUT2D eigenvalue weighted by Crippen LogP contribution is 2.40. The van der Waals surface area contributed by atoms with Crippen LogP contribution in [0.5, 0.6) is 5.75 Å². The van der Waals surface area contributed by atoms with Crippen molar-refractivity contribution in [2.24, 2.45) is 11.8 Å². The van der Waals surface area contributed by atoms with Gasteiger partial charge in [-0.2, -0.15) is 0 Å². The molecule has 0 spiro atoms. The smallest absolute Gasteiger partial charge is 0.228 e. The Morgan fingerprint density at radius 3 is 2.38 bits per heavy atom. The highest BCUT2D eigenvalue weighted by atomic mass is 16.5. The number of hydrogen-bond donors (Lipinski definition) is 2. The number of rotatable bonds is 7. The monoisotopic (exact) mass is 352 g/mol. The summed E-state index contributed by atoms with van der Waals surface area (Å²) in [5.74, 6) is -0.0956.